The minimum absolute atomic E-state index is 0.0369. The summed E-state index contributed by atoms with van der Waals surface area (Å²) in [6.45, 7) is 2.14. The van der Waals surface area contributed by atoms with Crippen molar-refractivity contribution in [3.05, 3.63) is 110 Å². The molecule has 3 aromatic carbocycles. The highest BCUT2D eigenvalue weighted by Gasteiger charge is 2.33. The van der Waals surface area contributed by atoms with Gasteiger partial charge in [-0.15, -0.1) is 0 Å². The van der Waals surface area contributed by atoms with Gasteiger partial charge in [0, 0.05) is 0 Å². The molecule has 0 amide bonds. The van der Waals surface area contributed by atoms with Gasteiger partial charge < -0.3 is 19.7 Å². The lowest BCUT2D eigenvalue weighted by molar-refractivity contribution is -0.138. The Bertz CT molecular complexity index is 1410. The van der Waals surface area contributed by atoms with E-state index in [2.05, 4.69) is 20.9 Å². The fourth-order valence-corrected chi connectivity index (χ4v) is 4.94. The lowest BCUT2D eigenvalue weighted by atomic mass is 10.1. The molecule has 1 heterocycles. The Labute approximate surface area is 226 Å². The number of hydrogen-bond acceptors (Lipinski definition) is 7. The molecule has 4 rings (SSSR count). The van der Waals surface area contributed by atoms with Gasteiger partial charge in [-0.05, 0) is 76.5 Å². The lowest BCUT2D eigenvalue weighted by Gasteiger charge is -2.09. The van der Waals surface area contributed by atoms with Gasteiger partial charge in [-0.1, -0.05) is 48.2 Å². The summed E-state index contributed by atoms with van der Waals surface area (Å²) < 4.78 is 11.7. The van der Waals surface area contributed by atoms with E-state index in [-0.39, 0.29) is 30.1 Å². The summed E-state index contributed by atoms with van der Waals surface area (Å²) in [6.07, 6.45) is 1.76. The van der Waals surface area contributed by atoms with Crippen molar-refractivity contribution in [2.45, 2.75) is 13.5 Å². The third-order valence-corrected chi connectivity index (χ3v) is 6.85. The number of thioether (sulfide) groups is 1. The molecular formula is C28H22BrNO6S. The van der Waals surface area contributed by atoms with Gasteiger partial charge in [0.2, 0.25) is 0 Å². The minimum atomic E-state index is -0.978. The smallest absolute Gasteiger partial charge is 0.344 e. The molecule has 188 valence electrons. The highest BCUT2D eigenvalue weighted by molar-refractivity contribution is 9.10. The summed E-state index contributed by atoms with van der Waals surface area (Å²) >= 11 is 4.71. The number of halogens is 1. The molecule has 0 saturated heterocycles. The van der Waals surface area contributed by atoms with E-state index in [0.717, 1.165) is 11.1 Å². The largest absolute Gasteiger partial charge is 0.506 e. The number of aromatic carboxylic acids is 1. The van der Waals surface area contributed by atoms with Gasteiger partial charge in [0.25, 0.3) is 0 Å². The molecule has 3 aromatic rings. The number of rotatable bonds is 8. The van der Waals surface area contributed by atoms with Crippen molar-refractivity contribution in [3.8, 4) is 5.75 Å². The van der Waals surface area contributed by atoms with Crippen LogP contribution in [0.2, 0.25) is 0 Å². The predicted molar refractivity (Wildman–Crippen MR) is 147 cm³/mol. The summed E-state index contributed by atoms with van der Waals surface area (Å²) in [5, 5.41) is 20.3. The zero-order valence-electron chi connectivity index (χ0n) is 19.7. The maximum atomic E-state index is 12.6. The maximum Gasteiger partial charge on any atom is 0.344 e. The number of carbonyl (C=O) groups excluding carboxylic acids is 1. The first-order valence-electron chi connectivity index (χ1n) is 11.2. The molecule has 0 spiro atoms. The molecule has 1 aliphatic rings. The summed E-state index contributed by atoms with van der Waals surface area (Å²) in [6, 6.07) is 21.1. The average molecular weight is 580 g/mol. The van der Waals surface area contributed by atoms with Crippen molar-refractivity contribution in [3.63, 3.8) is 0 Å². The maximum absolute atomic E-state index is 12.6. The second-order valence-corrected chi connectivity index (χ2v) is 9.67. The van der Waals surface area contributed by atoms with Gasteiger partial charge in [-0.25, -0.2) is 14.6 Å². The number of aliphatic hydroxyl groups excluding tert-OH is 1. The predicted octanol–water partition coefficient (Wildman–Crippen LogP) is 6.92. The van der Waals surface area contributed by atoms with Gasteiger partial charge in [0.1, 0.15) is 28.7 Å². The molecule has 0 radical (unpaired) electrons. The van der Waals surface area contributed by atoms with E-state index >= 15 is 0 Å². The van der Waals surface area contributed by atoms with Gasteiger partial charge in [0.15, 0.2) is 0 Å². The molecular weight excluding hydrogens is 558 g/mol. The van der Waals surface area contributed by atoms with E-state index in [9.17, 15) is 14.7 Å². The van der Waals surface area contributed by atoms with E-state index in [1.807, 2.05) is 42.5 Å². The number of para-hydroxylation sites is 1. The Balaban J connectivity index is 1.55. The van der Waals surface area contributed by atoms with Crippen LogP contribution in [0.1, 0.15) is 28.4 Å². The Morgan fingerprint density at radius 3 is 2.43 bits per heavy atom. The van der Waals surface area contributed by atoms with E-state index in [1.165, 1.54) is 23.9 Å². The highest BCUT2D eigenvalue weighted by Crippen LogP contribution is 2.40. The van der Waals surface area contributed by atoms with Crippen LogP contribution in [-0.4, -0.2) is 33.8 Å². The van der Waals surface area contributed by atoms with Gasteiger partial charge in [-0.3, -0.25) is 0 Å². The quantitative estimate of drug-likeness (QED) is 0.279. The molecule has 0 unspecified atom stereocenters. The molecule has 0 fully saturated rings. The van der Waals surface area contributed by atoms with E-state index < -0.39 is 11.9 Å². The number of esters is 1. The van der Waals surface area contributed by atoms with E-state index in [4.69, 9.17) is 14.6 Å². The third-order valence-electron chi connectivity index (χ3n) is 5.21. The number of ether oxygens (including phenoxy) is 2. The zero-order chi connectivity index (χ0) is 26.4. The molecule has 0 bridgehead atoms. The number of aliphatic hydroxyl groups is 1. The molecule has 0 atom stereocenters. The molecule has 37 heavy (non-hydrogen) atoms. The normalized spacial score (nSPS) is 15.3. The van der Waals surface area contributed by atoms with Gasteiger partial charge in [-0.2, -0.15) is 0 Å². The Morgan fingerprint density at radius 2 is 1.78 bits per heavy atom. The van der Waals surface area contributed by atoms with Crippen LogP contribution in [0.25, 0.3) is 6.08 Å². The number of nitrogens with zero attached hydrogens (tertiary/aromatic N) is 1. The van der Waals surface area contributed by atoms with Crippen LogP contribution >= 0.6 is 27.7 Å². The van der Waals surface area contributed by atoms with E-state index in [1.54, 1.807) is 31.2 Å². The van der Waals surface area contributed by atoms with Crippen LogP contribution in [-0.2, 0) is 16.1 Å². The van der Waals surface area contributed by atoms with Gasteiger partial charge >= 0.3 is 11.9 Å². The summed E-state index contributed by atoms with van der Waals surface area (Å²) in [5.74, 6) is -1.19. The van der Waals surface area contributed by atoms with Crippen LogP contribution in [0.5, 0.6) is 5.75 Å². The topological polar surface area (TPSA) is 105 Å². The number of hydrogen-bond donors (Lipinski definition) is 2. The third kappa shape index (κ3) is 6.49. The Morgan fingerprint density at radius 1 is 1.05 bits per heavy atom. The molecule has 1 aliphatic heterocycles. The molecule has 2 N–H and O–H groups in total. The Hall–Kier alpha value is -3.82. The van der Waals surface area contributed by atoms with Crippen molar-refractivity contribution in [1.82, 2.24) is 0 Å². The molecule has 0 aromatic heterocycles. The summed E-state index contributed by atoms with van der Waals surface area (Å²) in [5.41, 5.74) is 2.51. The SMILES string of the molecule is CCOC(=O)C1=C(O)/C(=C/c2ccc(OCc3ccc(C(=O)O)cc3)c(Br)c2)SC1=Nc1ccccc1. The van der Waals surface area contributed by atoms with Gasteiger partial charge in [0.05, 0.1) is 27.2 Å². The first-order valence-corrected chi connectivity index (χ1v) is 12.9. The molecule has 0 saturated carbocycles. The molecule has 0 aliphatic carbocycles. The van der Waals surface area contributed by atoms with Crippen LogP contribution in [0.15, 0.2) is 98.5 Å². The number of aliphatic imine (C=N–C) groups is 1. The Kier molecular flexibility index (Phi) is 8.47. The average Bonchev–Trinajstić information content (AvgIpc) is 3.18. The summed E-state index contributed by atoms with van der Waals surface area (Å²) in [7, 11) is 0. The fourth-order valence-electron chi connectivity index (χ4n) is 3.39. The first-order chi connectivity index (χ1) is 17.9. The standard InChI is InChI=1S/C28H22BrNO6S/c1-2-35-28(34)24-25(31)23(37-26(24)30-20-6-4-3-5-7-20)15-18-10-13-22(21(29)14-18)36-16-17-8-11-19(12-9-17)27(32)33/h3-15,31H,2,16H2,1H3,(H,32,33)/b23-15-,30-26?. The number of carbonyl (C=O) groups is 2. The highest BCUT2D eigenvalue weighted by atomic mass is 79.9. The van der Waals surface area contributed by atoms with Crippen molar-refractivity contribution in [1.29, 1.82) is 0 Å². The lowest BCUT2D eigenvalue weighted by Crippen LogP contribution is -2.12. The van der Waals surface area contributed by atoms with Crippen LogP contribution in [0, 0.1) is 0 Å². The van der Waals surface area contributed by atoms with Crippen LogP contribution < -0.4 is 4.74 Å². The fraction of sp³-hybridized carbons (Fsp3) is 0.107. The van der Waals surface area contributed by atoms with Crippen LogP contribution in [0.3, 0.4) is 0 Å². The summed E-state index contributed by atoms with van der Waals surface area (Å²) in [4.78, 5) is 28.6. The zero-order valence-corrected chi connectivity index (χ0v) is 22.1. The molecule has 9 heteroatoms. The minimum Gasteiger partial charge on any atom is -0.506 e. The van der Waals surface area contributed by atoms with Crippen molar-refractivity contribution < 1.29 is 29.3 Å². The second-order valence-electron chi connectivity index (χ2n) is 7.79. The number of benzene rings is 3. The van der Waals surface area contributed by atoms with E-state index in [0.29, 0.717) is 25.9 Å². The molecule has 7 nitrogen and oxygen atoms in total. The van der Waals surface area contributed by atoms with Crippen molar-refractivity contribution in [2.75, 3.05) is 6.61 Å². The monoisotopic (exact) mass is 579 g/mol. The van der Waals surface area contributed by atoms with Crippen molar-refractivity contribution in [2.24, 2.45) is 4.99 Å². The first kappa shape index (κ1) is 26.2. The van der Waals surface area contributed by atoms with Crippen LogP contribution in [0.4, 0.5) is 5.69 Å². The second kappa shape index (κ2) is 11.9. The number of carboxylic acids is 1. The number of carboxylic acid groups (broad SMARTS) is 1. The van der Waals surface area contributed by atoms with Crippen molar-refractivity contribution >= 4 is 56.4 Å².